The first-order chi connectivity index (χ1) is 10.8. The van der Waals surface area contributed by atoms with Crippen LogP contribution in [0.2, 0.25) is 0 Å². The van der Waals surface area contributed by atoms with Crippen molar-refractivity contribution >= 4 is 5.91 Å². The van der Waals surface area contributed by atoms with Crippen molar-refractivity contribution in [2.24, 2.45) is 17.3 Å². The third-order valence-electron chi connectivity index (χ3n) is 6.45. The van der Waals surface area contributed by atoms with E-state index in [1.165, 1.54) is 32.2 Å². The lowest BCUT2D eigenvalue weighted by Gasteiger charge is -2.39. The van der Waals surface area contributed by atoms with Crippen LogP contribution >= 0.6 is 0 Å². The van der Waals surface area contributed by atoms with Crippen LogP contribution in [0.4, 0.5) is 0 Å². The topological polar surface area (TPSA) is 32.8 Å². The quantitative estimate of drug-likeness (QED) is 0.798. The van der Waals surface area contributed by atoms with Crippen molar-refractivity contribution < 1.29 is 9.53 Å². The fraction of sp³-hybridized carbons (Fsp3) is 0.944. The van der Waals surface area contributed by atoms with Crippen LogP contribution in [0.15, 0.2) is 0 Å². The van der Waals surface area contributed by atoms with Crippen LogP contribution in [0, 0.1) is 17.3 Å². The van der Waals surface area contributed by atoms with Crippen molar-refractivity contribution in [2.75, 3.05) is 45.9 Å². The standard InChI is InChI=1S/C18H30N2O2/c21-17-18(7-10-20(17)14-15-1-2-15)5-8-19(9-6-18)13-16-3-11-22-12-4-16/h15-16H,1-14H2. The Bertz CT molecular complexity index is 407. The summed E-state index contributed by atoms with van der Waals surface area (Å²) in [5.41, 5.74) is 0.0149. The fourth-order valence-electron chi connectivity index (χ4n) is 4.60. The zero-order chi connectivity index (χ0) is 15.0. The Morgan fingerprint density at radius 1 is 0.909 bits per heavy atom. The maximum absolute atomic E-state index is 12.8. The number of hydrogen-bond donors (Lipinski definition) is 0. The molecule has 4 aliphatic rings. The van der Waals surface area contributed by atoms with E-state index in [1.54, 1.807) is 0 Å². The summed E-state index contributed by atoms with van der Waals surface area (Å²) in [7, 11) is 0. The van der Waals surface area contributed by atoms with Crippen molar-refractivity contribution in [3.63, 3.8) is 0 Å². The summed E-state index contributed by atoms with van der Waals surface area (Å²) < 4.78 is 5.46. The van der Waals surface area contributed by atoms with Gasteiger partial charge < -0.3 is 14.5 Å². The molecule has 4 nitrogen and oxygen atoms in total. The second-order valence-corrected chi connectivity index (χ2v) is 8.08. The molecule has 1 aliphatic carbocycles. The summed E-state index contributed by atoms with van der Waals surface area (Å²) >= 11 is 0. The number of likely N-dealkylation sites (tertiary alicyclic amines) is 2. The summed E-state index contributed by atoms with van der Waals surface area (Å²) in [5.74, 6) is 2.13. The molecule has 0 unspecified atom stereocenters. The van der Waals surface area contributed by atoms with Gasteiger partial charge in [0.2, 0.25) is 5.91 Å². The molecule has 4 heteroatoms. The Morgan fingerprint density at radius 2 is 1.55 bits per heavy atom. The van der Waals surface area contributed by atoms with Crippen LogP contribution in [0.25, 0.3) is 0 Å². The third kappa shape index (κ3) is 3.05. The summed E-state index contributed by atoms with van der Waals surface area (Å²) in [6, 6.07) is 0. The molecule has 0 atom stereocenters. The summed E-state index contributed by atoms with van der Waals surface area (Å²) in [4.78, 5) is 17.6. The Morgan fingerprint density at radius 3 is 2.23 bits per heavy atom. The summed E-state index contributed by atoms with van der Waals surface area (Å²) in [6.07, 6.45) is 8.42. The average Bonchev–Trinajstić information content (AvgIpc) is 3.32. The molecule has 3 heterocycles. The van der Waals surface area contributed by atoms with Crippen LogP contribution in [0.3, 0.4) is 0 Å². The lowest BCUT2D eigenvalue weighted by atomic mass is 9.77. The van der Waals surface area contributed by atoms with Gasteiger partial charge in [0.1, 0.15) is 0 Å². The van der Waals surface area contributed by atoms with Gasteiger partial charge in [-0.25, -0.2) is 0 Å². The van der Waals surface area contributed by atoms with Crippen LogP contribution < -0.4 is 0 Å². The number of carbonyl (C=O) groups excluding carboxylic acids is 1. The van der Waals surface area contributed by atoms with E-state index in [-0.39, 0.29) is 5.41 Å². The Hall–Kier alpha value is -0.610. The van der Waals surface area contributed by atoms with E-state index >= 15 is 0 Å². The molecule has 3 aliphatic heterocycles. The first kappa shape index (κ1) is 14.9. The zero-order valence-corrected chi connectivity index (χ0v) is 13.8. The van der Waals surface area contributed by atoms with Gasteiger partial charge in [0.25, 0.3) is 0 Å². The Balaban J connectivity index is 1.28. The Labute approximate surface area is 134 Å². The molecule has 0 aromatic carbocycles. The van der Waals surface area contributed by atoms with E-state index in [0.29, 0.717) is 5.91 Å². The molecular formula is C18H30N2O2. The van der Waals surface area contributed by atoms with Gasteiger partial charge >= 0.3 is 0 Å². The predicted molar refractivity (Wildman–Crippen MR) is 85.6 cm³/mol. The number of ether oxygens (including phenoxy) is 1. The van der Waals surface area contributed by atoms with Crippen molar-refractivity contribution in [3.05, 3.63) is 0 Å². The normalized spacial score (nSPS) is 30.4. The molecule has 1 amide bonds. The van der Waals surface area contributed by atoms with Gasteiger partial charge in [-0.2, -0.15) is 0 Å². The number of amides is 1. The highest BCUT2D eigenvalue weighted by molar-refractivity contribution is 5.85. The molecule has 0 N–H and O–H groups in total. The predicted octanol–water partition coefficient (Wildman–Crippen LogP) is 2.14. The van der Waals surface area contributed by atoms with Crippen LogP contribution in [0.1, 0.15) is 44.9 Å². The van der Waals surface area contributed by atoms with Crippen molar-refractivity contribution in [2.45, 2.75) is 44.9 Å². The van der Waals surface area contributed by atoms with Gasteiger partial charge in [-0.3, -0.25) is 4.79 Å². The molecule has 1 saturated carbocycles. The second kappa shape index (κ2) is 6.12. The number of piperidine rings is 1. The minimum Gasteiger partial charge on any atom is -0.381 e. The molecule has 0 radical (unpaired) electrons. The van der Waals surface area contributed by atoms with E-state index in [4.69, 9.17) is 4.74 Å². The molecular weight excluding hydrogens is 276 g/mol. The second-order valence-electron chi connectivity index (χ2n) is 8.08. The molecule has 0 bridgehead atoms. The maximum atomic E-state index is 12.8. The van der Waals surface area contributed by atoms with Crippen molar-refractivity contribution in [3.8, 4) is 0 Å². The highest BCUT2D eigenvalue weighted by atomic mass is 16.5. The van der Waals surface area contributed by atoms with Gasteiger partial charge in [0, 0.05) is 32.8 Å². The van der Waals surface area contributed by atoms with Gasteiger partial charge in [-0.15, -0.1) is 0 Å². The van der Waals surface area contributed by atoms with E-state index in [1.807, 2.05) is 0 Å². The van der Waals surface area contributed by atoms with Gasteiger partial charge in [0.15, 0.2) is 0 Å². The van der Waals surface area contributed by atoms with E-state index in [9.17, 15) is 4.79 Å². The fourth-order valence-corrected chi connectivity index (χ4v) is 4.60. The van der Waals surface area contributed by atoms with Gasteiger partial charge in [-0.1, -0.05) is 0 Å². The van der Waals surface area contributed by atoms with E-state index < -0.39 is 0 Å². The van der Waals surface area contributed by atoms with Gasteiger partial charge in [-0.05, 0) is 69.9 Å². The van der Waals surface area contributed by atoms with Crippen LogP contribution in [0.5, 0.6) is 0 Å². The largest absolute Gasteiger partial charge is 0.381 e. The van der Waals surface area contributed by atoms with E-state index in [2.05, 4.69) is 9.80 Å². The van der Waals surface area contributed by atoms with Crippen molar-refractivity contribution in [1.29, 1.82) is 0 Å². The number of rotatable bonds is 4. The summed E-state index contributed by atoms with van der Waals surface area (Å²) in [6.45, 7) is 7.43. The minimum absolute atomic E-state index is 0.0149. The zero-order valence-electron chi connectivity index (χ0n) is 13.8. The Kier molecular flexibility index (Phi) is 4.16. The highest BCUT2D eigenvalue weighted by Gasteiger charge is 2.48. The molecule has 22 heavy (non-hydrogen) atoms. The third-order valence-corrected chi connectivity index (χ3v) is 6.45. The molecule has 4 rings (SSSR count). The SMILES string of the molecule is O=C1N(CC2CC2)CCC12CCN(CC1CCOCC1)CC2. The molecule has 3 saturated heterocycles. The smallest absolute Gasteiger partial charge is 0.228 e. The molecule has 4 fully saturated rings. The summed E-state index contributed by atoms with van der Waals surface area (Å²) in [5, 5.41) is 0. The first-order valence-electron chi connectivity index (χ1n) is 9.35. The number of hydrogen-bond acceptors (Lipinski definition) is 3. The average molecular weight is 306 g/mol. The highest BCUT2D eigenvalue weighted by Crippen LogP contribution is 2.43. The van der Waals surface area contributed by atoms with Crippen molar-refractivity contribution in [1.82, 2.24) is 9.80 Å². The first-order valence-corrected chi connectivity index (χ1v) is 9.35. The monoisotopic (exact) mass is 306 g/mol. The van der Waals surface area contributed by atoms with Gasteiger partial charge in [0.05, 0.1) is 5.41 Å². The molecule has 0 aromatic rings. The van der Waals surface area contributed by atoms with E-state index in [0.717, 1.165) is 70.5 Å². The lowest BCUT2D eigenvalue weighted by Crippen LogP contribution is -2.46. The lowest BCUT2D eigenvalue weighted by molar-refractivity contribution is -0.138. The molecule has 124 valence electrons. The van der Waals surface area contributed by atoms with Crippen LogP contribution in [-0.4, -0.2) is 61.6 Å². The molecule has 0 aromatic heterocycles. The number of nitrogens with zero attached hydrogens (tertiary/aromatic N) is 2. The van der Waals surface area contributed by atoms with Crippen LogP contribution in [-0.2, 0) is 9.53 Å². The number of carbonyl (C=O) groups is 1. The maximum Gasteiger partial charge on any atom is 0.228 e. The minimum atomic E-state index is 0.0149. The molecule has 1 spiro atoms.